The second-order valence-electron chi connectivity index (χ2n) is 5.74. The maximum absolute atomic E-state index is 12.3. The van der Waals surface area contributed by atoms with Crippen LogP contribution in [0.25, 0.3) is 11.3 Å². The highest BCUT2D eigenvalue weighted by molar-refractivity contribution is 6.04. The van der Waals surface area contributed by atoms with E-state index in [-0.39, 0.29) is 11.3 Å². The Morgan fingerprint density at radius 1 is 1.00 bits per heavy atom. The van der Waals surface area contributed by atoms with Crippen LogP contribution in [0, 0.1) is 17.0 Å². The van der Waals surface area contributed by atoms with Crippen LogP contribution in [-0.4, -0.2) is 15.8 Å². The lowest BCUT2D eigenvalue weighted by Gasteiger charge is -2.06. The average molecular weight is 349 g/mol. The van der Waals surface area contributed by atoms with Crippen LogP contribution in [0.1, 0.15) is 15.9 Å². The fourth-order valence-electron chi connectivity index (χ4n) is 2.42. The first kappa shape index (κ1) is 17.1. The predicted octanol–water partition coefficient (Wildman–Crippen LogP) is 3.51. The summed E-state index contributed by atoms with van der Waals surface area (Å²) in [5.74, 6) is -0.587. The molecule has 0 saturated heterocycles. The van der Waals surface area contributed by atoms with Crippen molar-refractivity contribution in [2.24, 2.45) is 0 Å². The van der Waals surface area contributed by atoms with Gasteiger partial charge in [0.25, 0.3) is 17.2 Å². The molecule has 7 nitrogen and oxygen atoms in total. The number of anilines is 1. The number of hydrogen-bond donors (Lipinski definition) is 2. The van der Waals surface area contributed by atoms with Gasteiger partial charge in [0.2, 0.25) is 0 Å². The first-order valence-electron chi connectivity index (χ1n) is 7.80. The van der Waals surface area contributed by atoms with Gasteiger partial charge in [-0.2, -0.15) is 0 Å². The number of hydrogen-bond acceptors (Lipinski definition) is 4. The molecular formula is C19H15N3O4. The normalized spacial score (nSPS) is 10.3. The number of aryl methyl sites for hydroxylation is 1. The van der Waals surface area contributed by atoms with Gasteiger partial charge in [0.1, 0.15) is 5.56 Å². The number of nitro groups is 1. The number of carbonyl (C=O) groups excluding carboxylic acids is 1. The molecule has 130 valence electrons. The van der Waals surface area contributed by atoms with Crippen molar-refractivity contribution >= 4 is 17.3 Å². The van der Waals surface area contributed by atoms with Crippen LogP contribution in [0.4, 0.5) is 11.4 Å². The smallest absolute Gasteiger partial charge is 0.269 e. The highest BCUT2D eigenvalue weighted by Gasteiger charge is 2.13. The highest BCUT2D eigenvalue weighted by Crippen LogP contribution is 2.18. The minimum Gasteiger partial charge on any atom is -0.322 e. The number of nitro benzene ring substituents is 1. The summed E-state index contributed by atoms with van der Waals surface area (Å²) in [6, 6.07) is 16.1. The molecule has 0 fully saturated rings. The lowest BCUT2D eigenvalue weighted by Crippen LogP contribution is -2.23. The number of aromatic amines is 1. The summed E-state index contributed by atoms with van der Waals surface area (Å²) in [5.41, 5.74) is 2.29. The van der Waals surface area contributed by atoms with E-state index in [0.29, 0.717) is 11.4 Å². The molecule has 7 heteroatoms. The average Bonchev–Trinajstić information content (AvgIpc) is 2.62. The lowest BCUT2D eigenvalue weighted by atomic mass is 10.1. The summed E-state index contributed by atoms with van der Waals surface area (Å²) in [7, 11) is 0. The Bertz CT molecular complexity index is 1020. The molecule has 0 aliphatic carbocycles. The summed E-state index contributed by atoms with van der Waals surface area (Å²) in [6.07, 6.45) is 0. The van der Waals surface area contributed by atoms with Gasteiger partial charge >= 0.3 is 0 Å². The zero-order chi connectivity index (χ0) is 18.7. The van der Waals surface area contributed by atoms with Gasteiger partial charge < -0.3 is 10.3 Å². The summed E-state index contributed by atoms with van der Waals surface area (Å²) in [6.45, 7) is 1.97. The Morgan fingerprint density at radius 2 is 1.65 bits per heavy atom. The standard InChI is InChI=1S/C19H15N3O4/c1-12-2-4-13(5-3-12)17-11-10-16(19(24)21-17)18(23)20-14-6-8-15(9-7-14)22(25)26/h2-11H,1H3,(H,20,23)(H,21,24). The Kier molecular flexibility index (Phi) is 4.62. The topological polar surface area (TPSA) is 105 Å². The second kappa shape index (κ2) is 7.02. The molecule has 0 unspecified atom stereocenters. The van der Waals surface area contributed by atoms with Gasteiger partial charge in [-0.3, -0.25) is 19.7 Å². The zero-order valence-corrected chi connectivity index (χ0v) is 13.9. The number of nitrogens with one attached hydrogen (secondary N) is 2. The first-order valence-corrected chi connectivity index (χ1v) is 7.80. The molecule has 3 aromatic rings. The Labute approximate surface area is 148 Å². The van der Waals surface area contributed by atoms with Crippen LogP contribution in [0.15, 0.2) is 65.5 Å². The van der Waals surface area contributed by atoms with E-state index >= 15 is 0 Å². The molecule has 2 aromatic carbocycles. The van der Waals surface area contributed by atoms with E-state index in [1.165, 1.54) is 30.3 Å². The third-order valence-electron chi connectivity index (χ3n) is 3.85. The van der Waals surface area contributed by atoms with Gasteiger partial charge in [0, 0.05) is 23.5 Å². The van der Waals surface area contributed by atoms with E-state index in [9.17, 15) is 19.7 Å². The summed E-state index contributed by atoms with van der Waals surface area (Å²) in [5, 5.41) is 13.2. The molecule has 0 radical (unpaired) electrons. The van der Waals surface area contributed by atoms with Crippen molar-refractivity contribution in [2.75, 3.05) is 5.32 Å². The van der Waals surface area contributed by atoms with Gasteiger partial charge in [-0.25, -0.2) is 0 Å². The van der Waals surface area contributed by atoms with Crippen molar-refractivity contribution in [3.63, 3.8) is 0 Å². The SMILES string of the molecule is Cc1ccc(-c2ccc(C(=O)Nc3ccc([N+](=O)[O-])cc3)c(=O)[nH]2)cc1. The highest BCUT2D eigenvalue weighted by atomic mass is 16.6. The number of nitrogens with zero attached hydrogens (tertiary/aromatic N) is 1. The minimum atomic E-state index is -0.587. The quantitative estimate of drug-likeness (QED) is 0.555. The molecule has 0 atom stereocenters. The largest absolute Gasteiger partial charge is 0.322 e. The van der Waals surface area contributed by atoms with Crippen molar-refractivity contribution in [3.8, 4) is 11.3 Å². The van der Waals surface area contributed by atoms with E-state index in [1.54, 1.807) is 6.07 Å². The van der Waals surface area contributed by atoms with E-state index in [0.717, 1.165) is 11.1 Å². The first-order chi connectivity index (χ1) is 12.4. The zero-order valence-electron chi connectivity index (χ0n) is 13.9. The van der Waals surface area contributed by atoms with Gasteiger partial charge in [-0.15, -0.1) is 0 Å². The molecule has 26 heavy (non-hydrogen) atoms. The molecule has 2 N–H and O–H groups in total. The fourth-order valence-corrected chi connectivity index (χ4v) is 2.42. The van der Waals surface area contributed by atoms with Crippen molar-refractivity contribution in [3.05, 3.63) is 92.3 Å². The van der Waals surface area contributed by atoms with Gasteiger partial charge in [-0.1, -0.05) is 29.8 Å². The molecule has 1 heterocycles. The Balaban J connectivity index is 1.80. The number of carbonyl (C=O) groups is 1. The number of benzene rings is 2. The maximum atomic E-state index is 12.3. The summed E-state index contributed by atoms with van der Waals surface area (Å²) in [4.78, 5) is 37.3. The molecule has 0 aliphatic rings. The van der Waals surface area contributed by atoms with Crippen molar-refractivity contribution in [1.82, 2.24) is 4.98 Å². The van der Waals surface area contributed by atoms with Gasteiger partial charge in [0.15, 0.2) is 0 Å². The number of pyridine rings is 1. The molecule has 0 bridgehead atoms. The number of amides is 1. The third kappa shape index (κ3) is 3.67. The van der Waals surface area contributed by atoms with Crippen LogP contribution in [0.5, 0.6) is 0 Å². The Morgan fingerprint density at radius 3 is 2.23 bits per heavy atom. The van der Waals surface area contributed by atoms with Gasteiger partial charge in [0.05, 0.1) is 4.92 Å². The minimum absolute atomic E-state index is 0.0424. The number of rotatable bonds is 4. The van der Waals surface area contributed by atoms with Crippen LogP contribution in [0.2, 0.25) is 0 Å². The van der Waals surface area contributed by atoms with E-state index < -0.39 is 16.4 Å². The van der Waals surface area contributed by atoms with Crippen LogP contribution >= 0.6 is 0 Å². The fraction of sp³-hybridized carbons (Fsp3) is 0.0526. The van der Waals surface area contributed by atoms with Crippen molar-refractivity contribution < 1.29 is 9.72 Å². The number of aromatic nitrogens is 1. The molecule has 1 aromatic heterocycles. The van der Waals surface area contributed by atoms with Crippen LogP contribution in [0.3, 0.4) is 0 Å². The van der Waals surface area contributed by atoms with E-state index in [4.69, 9.17) is 0 Å². The third-order valence-corrected chi connectivity index (χ3v) is 3.85. The monoisotopic (exact) mass is 349 g/mol. The Hall–Kier alpha value is -3.74. The van der Waals surface area contributed by atoms with Crippen molar-refractivity contribution in [2.45, 2.75) is 6.92 Å². The second-order valence-corrected chi connectivity index (χ2v) is 5.74. The molecule has 0 spiro atoms. The molecule has 0 aliphatic heterocycles. The predicted molar refractivity (Wildman–Crippen MR) is 98.3 cm³/mol. The van der Waals surface area contributed by atoms with E-state index in [1.807, 2.05) is 31.2 Å². The van der Waals surface area contributed by atoms with Crippen LogP contribution < -0.4 is 10.9 Å². The summed E-state index contributed by atoms with van der Waals surface area (Å²) >= 11 is 0. The lowest BCUT2D eigenvalue weighted by molar-refractivity contribution is -0.384. The van der Waals surface area contributed by atoms with Gasteiger partial charge in [-0.05, 0) is 36.8 Å². The summed E-state index contributed by atoms with van der Waals surface area (Å²) < 4.78 is 0. The van der Waals surface area contributed by atoms with Crippen molar-refractivity contribution in [1.29, 1.82) is 0 Å². The number of non-ortho nitro benzene ring substituents is 1. The van der Waals surface area contributed by atoms with E-state index in [2.05, 4.69) is 10.3 Å². The molecule has 1 amide bonds. The van der Waals surface area contributed by atoms with Crippen LogP contribution in [-0.2, 0) is 0 Å². The molecular weight excluding hydrogens is 334 g/mol. The molecule has 3 rings (SSSR count). The number of H-pyrrole nitrogens is 1. The maximum Gasteiger partial charge on any atom is 0.269 e. The molecule has 0 saturated carbocycles.